The molecule has 2 aromatic rings. The second kappa shape index (κ2) is 12.7. The second-order valence-electron chi connectivity index (χ2n) is 6.35. The summed E-state index contributed by atoms with van der Waals surface area (Å²) >= 11 is 4.67. The maximum Gasteiger partial charge on any atom is 0.261 e. The van der Waals surface area contributed by atoms with Crippen molar-refractivity contribution in [3.63, 3.8) is 0 Å². The zero-order chi connectivity index (χ0) is 21.1. The molecule has 0 spiro atoms. The van der Waals surface area contributed by atoms with Crippen LogP contribution in [0, 0.1) is 5.92 Å². The predicted molar refractivity (Wildman–Crippen MR) is 114 cm³/mol. The first-order valence-electron chi connectivity index (χ1n) is 9.23. The lowest BCUT2D eigenvalue weighted by atomic mass is 9.92. The van der Waals surface area contributed by atoms with E-state index < -0.39 is 17.9 Å². The fraction of sp³-hybridized carbons (Fsp3) is 0.400. The number of ether oxygens (including phenoxy) is 2. The van der Waals surface area contributed by atoms with Crippen LogP contribution >= 0.6 is 27.3 Å². The molecule has 0 radical (unpaired) electrons. The minimum Gasteiger partial charge on any atom is -0.356 e. The van der Waals surface area contributed by atoms with Crippen molar-refractivity contribution in [3.05, 3.63) is 56.7 Å². The lowest BCUT2D eigenvalue weighted by Crippen LogP contribution is -2.42. The summed E-state index contributed by atoms with van der Waals surface area (Å²) in [6.07, 6.45) is 0.724. The first-order chi connectivity index (χ1) is 14.0. The van der Waals surface area contributed by atoms with Crippen LogP contribution < -0.4 is 10.8 Å². The molecule has 1 aromatic carbocycles. The van der Waals surface area contributed by atoms with E-state index in [9.17, 15) is 9.59 Å². The summed E-state index contributed by atoms with van der Waals surface area (Å²) in [6.45, 7) is 2.66. The van der Waals surface area contributed by atoms with Crippen LogP contribution in [0.3, 0.4) is 0 Å². The molecular weight excluding hydrogens is 460 g/mol. The van der Waals surface area contributed by atoms with E-state index in [-0.39, 0.29) is 19.3 Å². The van der Waals surface area contributed by atoms with Crippen LogP contribution in [0.15, 0.2) is 46.3 Å². The van der Waals surface area contributed by atoms with Crippen LogP contribution in [-0.2, 0) is 20.7 Å². The highest BCUT2D eigenvalue weighted by molar-refractivity contribution is 9.11. The van der Waals surface area contributed by atoms with Gasteiger partial charge < -0.3 is 14.8 Å². The second-order valence-corrected chi connectivity index (χ2v) is 8.82. The molecular formula is C20H25BrN2O5S. The van der Waals surface area contributed by atoms with E-state index in [2.05, 4.69) is 21.2 Å². The molecule has 0 bridgehead atoms. The van der Waals surface area contributed by atoms with Gasteiger partial charge in [0.25, 0.3) is 5.91 Å². The zero-order valence-corrected chi connectivity index (χ0v) is 18.5. The zero-order valence-electron chi connectivity index (χ0n) is 16.1. The third-order valence-electron chi connectivity index (χ3n) is 4.20. The quantitative estimate of drug-likeness (QED) is 0.185. The van der Waals surface area contributed by atoms with Gasteiger partial charge in [0.15, 0.2) is 0 Å². The number of hydrogen-bond donors (Lipinski definition) is 3. The number of carbonyl (C=O) groups excluding carboxylic acids is 2. The van der Waals surface area contributed by atoms with Gasteiger partial charge >= 0.3 is 0 Å². The Morgan fingerprint density at radius 2 is 1.93 bits per heavy atom. The molecule has 0 aliphatic rings. The minimum absolute atomic E-state index is 0.100. The van der Waals surface area contributed by atoms with Crippen molar-refractivity contribution < 1.29 is 24.3 Å². The minimum atomic E-state index is -0.543. The maximum atomic E-state index is 12.6. The SMILES string of the molecule is CCOCOCC(CC(Cc1ccccc1)C(=O)NO)NC(=O)c1ccc(Br)s1. The summed E-state index contributed by atoms with van der Waals surface area (Å²) in [7, 11) is 0. The summed E-state index contributed by atoms with van der Waals surface area (Å²) in [4.78, 5) is 25.4. The van der Waals surface area contributed by atoms with Gasteiger partial charge in [0.2, 0.25) is 5.91 Å². The van der Waals surface area contributed by atoms with Gasteiger partial charge in [-0.15, -0.1) is 11.3 Å². The monoisotopic (exact) mass is 484 g/mol. The number of nitrogens with one attached hydrogen (secondary N) is 2. The van der Waals surface area contributed by atoms with Crippen molar-refractivity contribution in [3.8, 4) is 0 Å². The number of amides is 2. The topological polar surface area (TPSA) is 96.9 Å². The molecule has 29 heavy (non-hydrogen) atoms. The van der Waals surface area contributed by atoms with Crippen molar-refractivity contribution in [2.24, 2.45) is 5.92 Å². The number of thiophene rings is 1. The van der Waals surface area contributed by atoms with Gasteiger partial charge in [-0.3, -0.25) is 14.8 Å². The van der Waals surface area contributed by atoms with Crippen molar-refractivity contribution in [1.29, 1.82) is 0 Å². The van der Waals surface area contributed by atoms with Gasteiger partial charge in [-0.25, -0.2) is 5.48 Å². The molecule has 0 aliphatic heterocycles. The Bertz CT molecular complexity index is 771. The molecule has 1 heterocycles. The summed E-state index contributed by atoms with van der Waals surface area (Å²) in [5, 5.41) is 12.1. The largest absolute Gasteiger partial charge is 0.356 e. The molecule has 0 aliphatic carbocycles. The number of carbonyl (C=O) groups is 2. The molecule has 2 atom stereocenters. The molecule has 0 saturated heterocycles. The van der Waals surface area contributed by atoms with E-state index >= 15 is 0 Å². The summed E-state index contributed by atoms with van der Waals surface area (Å²) < 4.78 is 11.5. The number of hydroxylamine groups is 1. The normalized spacial score (nSPS) is 12.9. The van der Waals surface area contributed by atoms with E-state index in [0.29, 0.717) is 24.3 Å². The predicted octanol–water partition coefficient (Wildman–Crippen LogP) is 3.37. The summed E-state index contributed by atoms with van der Waals surface area (Å²) in [5.41, 5.74) is 2.70. The number of benzene rings is 1. The highest BCUT2D eigenvalue weighted by atomic mass is 79.9. The van der Waals surface area contributed by atoms with Crippen molar-refractivity contribution in [2.75, 3.05) is 20.0 Å². The Labute approximate surface area is 182 Å². The van der Waals surface area contributed by atoms with E-state index in [1.165, 1.54) is 11.3 Å². The average molecular weight is 485 g/mol. The summed E-state index contributed by atoms with van der Waals surface area (Å²) in [5.74, 6) is -1.29. The third kappa shape index (κ3) is 8.23. The average Bonchev–Trinajstić information content (AvgIpc) is 3.17. The summed E-state index contributed by atoms with van der Waals surface area (Å²) in [6, 6.07) is 12.6. The Balaban J connectivity index is 2.08. The standard InChI is InChI=1S/C20H25BrN2O5S/c1-2-27-13-28-12-16(22-20(25)17-8-9-18(21)29-17)11-15(19(24)23-26)10-14-6-4-3-5-7-14/h3-9,15-16,26H,2,10-13H2,1H3,(H,22,25)(H,23,24). The van der Waals surface area contributed by atoms with Gasteiger partial charge in [0.1, 0.15) is 6.79 Å². The van der Waals surface area contributed by atoms with Crippen LogP contribution in [0.2, 0.25) is 0 Å². The van der Waals surface area contributed by atoms with Gasteiger partial charge in [0.05, 0.1) is 21.3 Å². The number of halogens is 1. The lowest BCUT2D eigenvalue weighted by molar-refractivity contribution is -0.134. The van der Waals surface area contributed by atoms with E-state index in [0.717, 1.165) is 9.35 Å². The lowest BCUT2D eigenvalue weighted by Gasteiger charge is -2.23. The van der Waals surface area contributed by atoms with Crippen LogP contribution in [0.4, 0.5) is 0 Å². The molecule has 1 aromatic heterocycles. The first kappa shape index (κ1) is 23.5. The molecule has 9 heteroatoms. The van der Waals surface area contributed by atoms with E-state index in [1.807, 2.05) is 37.3 Å². The Morgan fingerprint density at radius 1 is 1.17 bits per heavy atom. The first-order valence-corrected chi connectivity index (χ1v) is 10.8. The van der Waals surface area contributed by atoms with Crippen LogP contribution in [0.5, 0.6) is 0 Å². The molecule has 3 N–H and O–H groups in total. The van der Waals surface area contributed by atoms with E-state index in [1.54, 1.807) is 17.6 Å². The van der Waals surface area contributed by atoms with Crippen molar-refractivity contribution >= 4 is 39.1 Å². The smallest absolute Gasteiger partial charge is 0.261 e. The molecule has 0 fully saturated rings. The maximum absolute atomic E-state index is 12.6. The van der Waals surface area contributed by atoms with Crippen LogP contribution in [0.1, 0.15) is 28.6 Å². The molecule has 158 valence electrons. The Hall–Kier alpha value is -1.78. The van der Waals surface area contributed by atoms with Gasteiger partial charge in [0, 0.05) is 12.5 Å². The Morgan fingerprint density at radius 3 is 2.55 bits per heavy atom. The highest BCUT2D eigenvalue weighted by Crippen LogP contribution is 2.22. The van der Waals surface area contributed by atoms with Crippen molar-refractivity contribution in [2.45, 2.75) is 25.8 Å². The van der Waals surface area contributed by atoms with Crippen molar-refractivity contribution in [1.82, 2.24) is 10.8 Å². The fourth-order valence-electron chi connectivity index (χ4n) is 2.81. The fourth-order valence-corrected chi connectivity index (χ4v) is 4.10. The van der Waals surface area contributed by atoms with Gasteiger partial charge in [-0.2, -0.15) is 0 Å². The van der Waals surface area contributed by atoms with Gasteiger partial charge in [-0.05, 0) is 53.4 Å². The molecule has 2 unspecified atom stereocenters. The number of hydrogen-bond acceptors (Lipinski definition) is 6. The van der Waals surface area contributed by atoms with E-state index in [4.69, 9.17) is 14.7 Å². The molecule has 2 amide bonds. The highest BCUT2D eigenvalue weighted by Gasteiger charge is 2.25. The number of rotatable bonds is 12. The third-order valence-corrected chi connectivity index (χ3v) is 5.82. The molecule has 2 rings (SSSR count). The van der Waals surface area contributed by atoms with Crippen LogP contribution in [-0.4, -0.2) is 43.1 Å². The molecule has 7 nitrogen and oxygen atoms in total. The molecule has 0 saturated carbocycles. The van der Waals surface area contributed by atoms with Gasteiger partial charge in [-0.1, -0.05) is 30.3 Å². The van der Waals surface area contributed by atoms with Crippen LogP contribution in [0.25, 0.3) is 0 Å². The Kier molecular flexibility index (Phi) is 10.3.